The maximum atomic E-state index is 12.3. The van der Waals surface area contributed by atoms with E-state index >= 15 is 0 Å². The van der Waals surface area contributed by atoms with E-state index in [2.05, 4.69) is 20.8 Å². The molecular formula is C20H20ClN5O. The number of benzene rings is 2. The quantitative estimate of drug-likeness (QED) is 0.726. The number of carbonyl (C=O) groups excluding carboxylic acids is 1. The summed E-state index contributed by atoms with van der Waals surface area (Å²) in [4.78, 5) is 16.6. The number of nitrogens with one attached hydrogen (secondary N) is 2. The van der Waals surface area contributed by atoms with Crippen molar-refractivity contribution in [2.75, 3.05) is 31.6 Å². The summed E-state index contributed by atoms with van der Waals surface area (Å²) in [5.74, 6) is -0.0750. The number of anilines is 1. The Morgan fingerprint density at radius 3 is 2.48 bits per heavy atom. The Morgan fingerprint density at radius 2 is 1.70 bits per heavy atom. The van der Waals surface area contributed by atoms with E-state index < -0.39 is 0 Å². The van der Waals surface area contributed by atoms with Gasteiger partial charge in [-0.15, -0.1) is 0 Å². The third-order valence-electron chi connectivity index (χ3n) is 4.56. The van der Waals surface area contributed by atoms with Crippen molar-refractivity contribution < 1.29 is 4.79 Å². The Labute approximate surface area is 162 Å². The molecule has 0 aliphatic carbocycles. The topological polar surface area (TPSA) is 60.5 Å². The average molecular weight is 382 g/mol. The van der Waals surface area contributed by atoms with Crippen LogP contribution in [0.1, 0.15) is 10.4 Å². The predicted molar refractivity (Wildman–Crippen MR) is 107 cm³/mol. The van der Waals surface area contributed by atoms with Crippen LogP contribution < -0.4 is 10.9 Å². The molecule has 1 aliphatic rings. The van der Waals surface area contributed by atoms with Gasteiger partial charge in [-0.2, -0.15) is 0 Å². The number of aromatic nitrogens is 1. The molecule has 6 nitrogen and oxygen atoms in total. The molecule has 0 unspecified atom stereocenters. The summed E-state index contributed by atoms with van der Waals surface area (Å²) in [5.41, 5.74) is 8.96. The number of hydrogen-bond acceptors (Lipinski definition) is 5. The molecule has 0 bridgehead atoms. The highest BCUT2D eigenvalue weighted by Gasteiger charge is 2.19. The number of amides is 1. The summed E-state index contributed by atoms with van der Waals surface area (Å²) in [7, 11) is 0. The molecule has 1 aliphatic heterocycles. The van der Waals surface area contributed by atoms with Crippen LogP contribution in [0, 0.1) is 0 Å². The van der Waals surface area contributed by atoms with Gasteiger partial charge in [0.15, 0.2) is 0 Å². The summed E-state index contributed by atoms with van der Waals surface area (Å²) in [5, 5.41) is 5.81. The van der Waals surface area contributed by atoms with Crippen LogP contribution in [0.2, 0.25) is 5.02 Å². The maximum absolute atomic E-state index is 12.3. The van der Waals surface area contributed by atoms with Gasteiger partial charge in [0.1, 0.15) is 0 Å². The van der Waals surface area contributed by atoms with Gasteiger partial charge in [-0.1, -0.05) is 29.8 Å². The van der Waals surface area contributed by atoms with E-state index in [9.17, 15) is 4.79 Å². The van der Waals surface area contributed by atoms with Crippen molar-refractivity contribution in [2.24, 2.45) is 0 Å². The summed E-state index contributed by atoms with van der Waals surface area (Å²) in [6.45, 7) is 3.04. The Kier molecular flexibility index (Phi) is 5.20. The Bertz CT molecular complexity index is 942. The molecule has 1 aromatic heterocycles. The molecule has 1 saturated heterocycles. The summed E-state index contributed by atoms with van der Waals surface area (Å²) >= 11 is 6.05. The molecule has 1 fully saturated rings. The molecule has 27 heavy (non-hydrogen) atoms. The second kappa shape index (κ2) is 7.92. The number of halogens is 1. The molecule has 7 heteroatoms. The highest BCUT2D eigenvalue weighted by molar-refractivity contribution is 6.31. The van der Waals surface area contributed by atoms with Crippen LogP contribution in [-0.2, 0) is 0 Å². The molecular weight excluding hydrogens is 362 g/mol. The lowest BCUT2D eigenvalue weighted by atomic mass is 10.2. The van der Waals surface area contributed by atoms with Gasteiger partial charge in [0.2, 0.25) is 0 Å². The van der Waals surface area contributed by atoms with Crippen LogP contribution in [0.25, 0.3) is 10.9 Å². The summed E-state index contributed by atoms with van der Waals surface area (Å²) in [6, 6.07) is 16.9. The van der Waals surface area contributed by atoms with E-state index in [4.69, 9.17) is 11.6 Å². The first-order valence-electron chi connectivity index (χ1n) is 8.86. The molecule has 138 valence electrons. The molecule has 0 spiro atoms. The van der Waals surface area contributed by atoms with E-state index in [0.29, 0.717) is 10.6 Å². The fourth-order valence-corrected chi connectivity index (χ4v) is 3.28. The minimum absolute atomic E-state index is 0.0750. The second-order valence-corrected chi connectivity index (χ2v) is 6.85. The standard InChI is InChI=1S/C20H20ClN5O/c21-16-6-7-17-18(8-9-22-19(17)14-16)23-25-10-12-26(13-11-25)24-20(27)15-4-2-1-3-5-15/h1-9,14H,10-13H2,(H,22,23)(H,24,27). The Morgan fingerprint density at radius 1 is 0.963 bits per heavy atom. The number of piperazine rings is 1. The van der Waals surface area contributed by atoms with Gasteiger partial charge in [0, 0.05) is 48.3 Å². The number of hydrazine groups is 2. The molecule has 2 aromatic carbocycles. The van der Waals surface area contributed by atoms with Crippen LogP contribution in [0.3, 0.4) is 0 Å². The first kappa shape index (κ1) is 17.7. The van der Waals surface area contributed by atoms with Crippen molar-refractivity contribution in [3.8, 4) is 0 Å². The Hall–Kier alpha value is -2.67. The van der Waals surface area contributed by atoms with Gasteiger partial charge in [0.05, 0.1) is 11.2 Å². The summed E-state index contributed by atoms with van der Waals surface area (Å²) in [6.07, 6.45) is 1.78. The van der Waals surface area contributed by atoms with Crippen molar-refractivity contribution >= 4 is 34.1 Å². The molecule has 0 saturated carbocycles. The van der Waals surface area contributed by atoms with Crippen LogP contribution >= 0.6 is 11.6 Å². The third kappa shape index (κ3) is 4.19. The number of rotatable bonds is 4. The number of fused-ring (bicyclic) bond motifs is 1. The van der Waals surface area contributed by atoms with Crippen LogP contribution in [0.4, 0.5) is 5.69 Å². The fourth-order valence-electron chi connectivity index (χ4n) is 3.12. The van der Waals surface area contributed by atoms with Crippen molar-refractivity contribution in [1.82, 2.24) is 20.4 Å². The Balaban J connectivity index is 1.35. The van der Waals surface area contributed by atoms with Gasteiger partial charge < -0.3 is 5.43 Å². The zero-order chi connectivity index (χ0) is 18.6. The van der Waals surface area contributed by atoms with E-state index in [-0.39, 0.29) is 5.91 Å². The van der Waals surface area contributed by atoms with E-state index in [0.717, 1.165) is 42.8 Å². The second-order valence-electron chi connectivity index (χ2n) is 6.41. The molecule has 0 radical (unpaired) electrons. The minimum atomic E-state index is -0.0750. The zero-order valence-corrected chi connectivity index (χ0v) is 15.5. The van der Waals surface area contributed by atoms with Gasteiger partial charge in [0.25, 0.3) is 5.91 Å². The van der Waals surface area contributed by atoms with Crippen molar-refractivity contribution in [1.29, 1.82) is 0 Å². The molecule has 0 atom stereocenters. The first-order valence-corrected chi connectivity index (χ1v) is 9.24. The zero-order valence-electron chi connectivity index (χ0n) is 14.7. The predicted octanol–water partition coefficient (Wildman–Crippen LogP) is 3.18. The number of hydrogen-bond donors (Lipinski definition) is 2. The maximum Gasteiger partial charge on any atom is 0.265 e. The fraction of sp³-hybridized carbons (Fsp3) is 0.200. The molecule has 2 heterocycles. The van der Waals surface area contributed by atoms with Gasteiger partial charge in [-0.3, -0.25) is 15.2 Å². The van der Waals surface area contributed by atoms with Crippen LogP contribution in [0.15, 0.2) is 60.8 Å². The molecule has 3 aromatic rings. The monoisotopic (exact) mass is 381 g/mol. The smallest absolute Gasteiger partial charge is 0.265 e. The lowest BCUT2D eigenvalue weighted by molar-refractivity contribution is 0.0661. The average Bonchev–Trinajstić information content (AvgIpc) is 2.70. The third-order valence-corrected chi connectivity index (χ3v) is 4.79. The van der Waals surface area contributed by atoms with E-state index in [1.54, 1.807) is 6.20 Å². The summed E-state index contributed by atoms with van der Waals surface area (Å²) < 4.78 is 0. The van der Waals surface area contributed by atoms with Gasteiger partial charge >= 0.3 is 0 Å². The van der Waals surface area contributed by atoms with Crippen LogP contribution in [-0.4, -0.2) is 47.1 Å². The van der Waals surface area contributed by atoms with Crippen molar-refractivity contribution in [2.45, 2.75) is 0 Å². The number of pyridine rings is 1. The first-order chi connectivity index (χ1) is 13.2. The number of carbonyl (C=O) groups is 1. The van der Waals surface area contributed by atoms with Gasteiger partial charge in [-0.05, 0) is 36.4 Å². The molecule has 2 N–H and O–H groups in total. The largest absolute Gasteiger partial charge is 0.318 e. The number of nitrogens with zero attached hydrogens (tertiary/aromatic N) is 3. The van der Waals surface area contributed by atoms with E-state index in [1.807, 2.05) is 59.6 Å². The lowest BCUT2D eigenvalue weighted by Crippen LogP contribution is -2.54. The van der Waals surface area contributed by atoms with Gasteiger partial charge in [-0.25, -0.2) is 10.0 Å². The minimum Gasteiger partial charge on any atom is -0.318 e. The molecule has 1 amide bonds. The van der Waals surface area contributed by atoms with Crippen molar-refractivity contribution in [3.05, 3.63) is 71.4 Å². The van der Waals surface area contributed by atoms with E-state index in [1.165, 1.54) is 0 Å². The normalized spacial score (nSPS) is 15.6. The SMILES string of the molecule is O=C(NN1CCN(Nc2ccnc3cc(Cl)ccc23)CC1)c1ccccc1. The lowest BCUT2D eigenvalue weighted by Gasteiger charge is -2.35. The molecule has 4 rings (SSSR count). The highest BCUT2D eigenvalue weighted by Crippen LogP contribution is 2.24. The van der Waals surface area contributed by atoms with Crippen LogP contribution in [0.5, 0.6) is 0 Å². The van der Waals surface area contributed by atoms with Crippen molar-refractivity contribution in [3.63, 3.8) is 0 Å². The highest BCUT2D eigenvalue weighted by atomic mass is 35.5.